The second-order valence-corrected chi connectivity index (χ2v) is 32.1. The molecule has 113 heavy (non-hydrogen) atoms. The Morgan fingerprint density at radius 1 is 0.301 bits per heavy atom. The molecule has 1 saturated carbocycles. The second-order valence-electron chi connectivity index (χ2n) is 32.1. The highest BCUT2D eigenvalue weighted by molar-refractivity contribution is 6.19. The first kappa shape index (κ1) is 67.4. The molecule has 8 nitrogen and oxygen atoms in total. The van der Waals surface area contributed by atoms with Crippen LogP contribution in [0.1, 0.15) is 88.0 Å². The summed E-state index contributed by atoms with van der Waals surface area (Å²) in [5.41, 5.74) is 28.5. The van der Waals surface area contributed by atoms with Crippen LogP contribution in [0.3, 0.4) is 0 Å². The molecule has 1 aliphatic carbocycles. The third-order valence-corrected chi connectivity index (χ3v) is 24.7. The molecule has 0 N–H and O–H groups in total. The van der Waals surface area contributed by atoms with E-state index in [1.165, 1.54) is 184 Å². The van der Waals surface area contributed by atoms with Crippen LogP contribution in [0.5, 0.6) is 0 Å². The van der Waals surface area contributed by atoms with Gasteiger partial charge in [-0.2, -0.15) is 18.3 Å². The molecule has 0 atom stereocenters. The van der Waals surface area contributed by atoms with Crippen LogP contribution < -0.4 is 18.3 Å². The van der Waals surface area contributed by atoms with Crippen LogP contribution >= 0.6 is 0 Å². The average Bonchev–Trinajstić information content (AvgIpc) is 1.59. The molecule has 1 aliphatic rings. The molecule has 0 saturated heterocycles. The Hall–Kier alpha value is -12.5. The first-order chi connectivity index (χ1) is 56.3. The molecule has 556 valence electrons. The summed E-state index contributed by atoms with van der Waals surface area (Å²) in [5, 5.41) is 19.6. The molecule has 0 radical (unpaired) electrons. The lowest BCUT2D eigenvalue weighted by atomic mass is 9.83. The minimum atomic E-state index is -2.21. The van der Waals surface area contributed by atoms with Crippen molar-refractivity contribution >= 4 is 130 Å². The van der Waals surface area contributed by atoms with Gasteiger partial charge in [-0.1, -0.05) is 182 Å². The summed E-state index contributed by atoms with van der Waals surface area (Å²) in [6.45, 7) is 10.7. The van der Waals surface area contributed by atoms with Gasteiger partial charge in [0, 0.05) is 123 Å². The van der Waals surface area contributed by atoms with E-state index in [1.807, 2.05) is 30.8 Å². The quantitative estimate of drug-likeness (QED) is 0.154. The normalized spacial score (nSPS) is 13.6. The van der Waals surface area contributed by atoms with E-state index in [4.69, 9.17) is 5.48 Å². The number of hydrogen-bond donors (Lipinski definition) is 0. The van der Waals surface area contributed by atoms with Crippen molar-refractivity contribution in [3.8, 4) is 45.0 Å². The van der Waals surface area contributed by atoms with Crippen LogP contribution in [0.2, 0.25) is 0 Å². The van der Waals surface area contributed by atoms with E-state index < -0.39 is 12.7 Å². The molecule has 0 bridgehead atoms. The number of hydrogen-bond acceptors (Lipinski definition) is 0. The van der Waals surface area contributed by atoms with Crippen LogP contribution in [0.4, 0.5) is 0 Å². The van der Waals surface area contributed by atoms with Crippen LogP contribution in [-0.2, 0) is 56.4 Å². The van der Waals surface area contributed by atoms with E-state index >= 15 is 0 Å². The molecule has 0 spiro atoms. The van der Waals surface area contributed by atoms with Gasteiger partial charge in [0.05, 0.1) is 22.3 Å². The van der Waals surface area contributed by atoms with E-state index in [0.29, 0.717) is 5.56 Å². The first-order valence-corrected chi connectivity index (χ1v) is 39.9. The topological polar surface area (TPSA) is 35.2 Å². The van der Waals surface area contributed by atoms with E-state index in [-0.39, 0.29) is 0 Å². The molecule has 20 aromatic rings. The lowest BCUT2D eigenvalue weighted by Crippen LogP contribution is -2.32. The number of rotatable bonds is 5. The molecule has 8 heteroatoms. The fourth-order valence-corrected chi connectivity index (χ4v) is 18.8. The predicted molar refractivity (Wildman–Crippen MR) is 477 cm³/mol. The van der Waals surface area contributed by atoms with Crippen LogP contribution in [0.15, 0.2) is 267 Å². The number of aryl methyl sites for hydroxylation is 15. The number of benzene rings is 12. The van der Waals surface area contributed by atoms with E-state index in [1.54, 1.807) is 6.20 Å². The molecule has 8 heterocycles. The summed E-state index contributed by atoms with van der Waals surface area (Å²) in [4.78, 5) is 0. The van der Waals surface area contributed by atoms with Gasteiger partial charge in [0.15, 0.2) is 24.8 Å². The molecule has 8 aromatic heterocycles. The van der Waals surface area contributed by atoms with Gasteiger partial charge in [-0.25, -0.2) is 0 Å². The Morgan fingerprint density at radius 3 is 1.04 bits per heavy atom. The zero-order valence-electron chi connectivity index (χ0n) is 71.5. The highest BCUT2D eigenvalue weighted by Crippen LogP contribution is 2.43. The monoisotopic (exact) mass is 1480 g/mol. The summed E-state index contributed by atoms with van der Waals surface area (Å²) in [6.07, 6.45) is 13.9. The fourth-order valence-electron chi connectivity index (χ4n) is 18.8. The Morgan fingerprint density at radius 2 is 0.628 bits per heavy atom. The third kappa shape index (κ3) is 12.4. The van der Waals surface area contributed by atoms with Crippen molar-refractivity contribution in [3.63, 3.8) is 0 Å². The summed E-state index contributed by atoms with van der Waals surface area (Å²) >= 11 is 0. The Kier molecular flexibility index (Phi) is 17.1. The standard InChI is InChI=1S/C30H31N2.C26H25N2.C25H23N2.C24H21N2/c1-20-9-7-8-12-25(20)29-30-26(15-16-31(29)2)27-18-24-17-22(21-10-5-4-6-11-21)13-14-23(24)19-28(27)32(30)3;1-16-10-11-19-14-23-22(13-20(19)12-16)24-18(3)15-27(4)25(26(24)28(23)5)21-9-7-6-8-17(21)2;1-16-9-10-18-15-23-22(14-19(18)13-16)21-11-12-26(3)24(25(21)27(23)4)20-8-6-5-7-17(20)2;1-16-8-4-7-11-19(16)23-24-20(12-13-25(23)2)21-14-17-9-5-6-10-18(17)15-22(21)26(24)3/h7-9,12-19,21H,4-6,10-11H2,1-3H3;6-15H,1-5H3;5-15H,1-4H3;4-15H,1-3H3/q4*+1/i21D;3D3;;. The van der Waals surface area contributed by atoms with Gasteiger partial charge in [0.1, 0.15) is 50.3 Å². The van der Waals surface area contributed by atoms with Crippen molar-refractivity contribution in [2.24, 2.45) is 56.4 Å². The van der Waals surface area contributed by atoms with Crippen LogP contribution in [0.25, 0.3) is 175 Å². The Bertz CT molecular complexity index is 7480. The van der Waals surface area contributed by atoms with Crippen molar-refractivity contribution < 1.29 is 23.8 Å². The summed E-state index contributed by atoms with van der Waals surface area (Å²) in [6, 6.07) is 87.7. The third-order valence-electron chi connectivity index (χ3n) is 24.7. The van der Waals surface area contributed by atoms with Crippen molar-refractivity contribution in [3.05, 3.63) is 312 Å². The number of pyridine rings is 4. The zero-order chi connectivity index (χ0) is 81.4. The van der Waals surface area contributed by atoms with E-state index in [0.717, 1.165) is 62.2 Å². The summed E-state index contributed by atoms with van der Waals surface area (Å²) in [5.74, 6) is -0.425. The van der Waals surface area contributed by atoms with Crippen LogP contribution in [-0.4, -0.2) is 18.3 Å². The van der Waals surface area contributed by atoms with Crippen molar-refractivity contribution in [2.75, 3.05) is 0 Å². The molecule has 0 aliphatic heterocycles. The smallest absolute Gasteiger partial charge is 0.237 e. The Labute approximate surface area is 668 Å². The SMILES string of the molecule is Cc1ccc2cc3c(cc2c1)c1cc[n+](C)c(-c2ccccc2C)c1n3C.Cc1ccccc1-c1c2c(cc[n+]1C)c1cc3ccccc3cc1n2C.[2H]C([2H])([2H])c1c[n+](C)c(-c2ccccc2C)c2c1c1cc3cc(C)ccc3cc1n2C.[2H]C1(c2ccc3cc4c(cc3c2)c2cc[n+](C)c(-c3ccccc3C)c2n4C)CCCCC1. The molecule has 1 fully saturated rings. The lowest BCUT2D eigenvalue weighted by molar-refractivity contribution is -0.659. The minimum absolute atomic E-state index is 0.389. The van der Waals surface area contributed by atoms with Crippen molar-refractivity contribution in [1.29, 1.82) is 0 Å². The second kappa shape index (κ2) is 28.7. The summed E-state index contributed by atoms with van der Waals surface area (Å²) in [7, 11) is 16.9. The number of nitrogens with zero attached hydrogens (tertiary/aromatic N) is 8. The van der Waals surface area contributed by atoms with Gasteiger partial charge in [0.25, 0.3) is 0 Å². The largest absolute Gasteiger partial charge is 0.338 e. The van der Waals surface area contributed by atoms with Crippen molar-refractivity contribution in [2.45, 2.75) is 86.4 Å². The Balaban J connectivity index is 0.000000108. The van der Waals surface area contributed by atoms with Gasteiger partial charge in [-0.05, 0) is 211 Å². The lowest BCUT2D eigenvalue weighted by Gasteiger charge is -2.22. The molecule has 12 aromatic carbocycles. The number of fused-ring (bicyclic) bond motifs is 16. The molecule has 21 rings (SSSR count). The molecular weight excluding hydrogens is 1370 g/mol. The number of aromatic nitrogens is 8. The van der Waals surface area contributed by atoms with Gasteiger partial charge < -0.3 is 18.3 Å². The maximum absolute atomic E-state index is 9.10. The van der Waals surface area contributed by atoms with Gasteiger partial charge in [0.2, 0.25) is 22.8 Å². The maximum atomic E-state index is 9.10. The van der Waals surface area contributed by atoms with Gasteiger partial charge in [-0.3, -0.25) is 0 Å². The average molecular weight is 1480 g/mol. The minimum Gasteiger partial charge on any atom is -0.338 e. The maximum Gasteiger partial charge on any atom is 0.237 e. The molecular formula is C105H100N8+4. The first-order valence-electron chi connectivity index (χ1n) is 41.9. The highest BCUT2D eigenvalue weighted by atomic mass is 15.0. The molecule has 0 amide bonds. The molecule has 0 unspecified atom stereocenters. The van der Waals surface area contributed by atoms with Gasteiger partial charge >= 0.3 is 0 Å². The predicted octanol–water partition coefficient (Wildman–Crippen LogP) is 24.1. The highest BCUT2D eigenvalue weighted by Gasteiger charge is 2.29. The fraction of sp³-hybridized carbons (Fsp3) is 0.200. The zero-order valence-corrected chi connectivity index (χ0v) is 67.5. The van der Waals surface area contributed by atoms with E-state index in [9.17, 15) is 0 Å². The van der Waals surface area contributed by atoms with Gasteiger partial charge in [-0.15, -0.1) is 0 Å². The van der Waals surface area contributed by atoms with E-state index in [2.05, 4.69) is 365 Å². The van der Waals surface area contributed by atoms with Crippen LogP contribution in [0, 0.1) is 48.4 Å². The summed E-state index contributed by atoms with van der Waals surface area (Å²) < 4.78 is 51.8. The van der Waals surface area contributed by atoms with Crippen molar-refractivity contribution in [1.82, 2.24) is 18.3 Å².